The third kappa shape index (κ3) is 4.37. The van der Waals surface area contributed by atoms with E-state index in [2.05, 4.69) is 20.2 Å². The Morgan fingerprint density at radius 3 is 2.74 bits per heavy atom. The zero-order valence-electron chi connectivity index (χ0n) is 13.4. The first-order valence-corrected chi connectivity index (χ1v) is 8.04. The molecule has 0 radical (unpaired) electrons. The van der Waals surface area contributed by atoms with Gasteiger partial charge in [-0.25, -0.2) is 9.37 Å². The SMILES string of the molecule is Cc1nc(CNCCN2CCOCC2)c(-c2ccc(F)cc2)[nH]1. The van der Waals surface area contributed by atoms with E-state index in [1.165, 1.54) is 12.1 Å². The number of benzene rings is 1. The van der Waals surface area contributed by atoms with E-state index in [1.807, 2.05) is 6.92 Å². The van der Waals surface area contributed by atoms with Gasteiger partial charge in [0.2, 0.25) is 0 Å². The molecule has 0 aliphatic carbocycles. The van der Waals surface area contributed by atoms with Gasteiger partial charge in [-0.05, 0) is 31.2 Å². The smallest absolute Gasteiger partial charge is 0.123 e. The van der Waals surface area contributed by atoms with Crippen LogP contribution >= 0.6 is 0 Å². The molecule has 1 aliphatic heterocycles. The molecule has 2 N–H and O–H groups in total. The third-order valence-electron chi connectivity index (χ3n) is 4.03. The zero-order valence-corrected chi connectivity index (χ0v) is 13.4. The highest BCUT2D eigenvalue weighted by atomic mass is 19.1. The molecule has 0 saturated carbocycles. The number of morpholine rings is 1. The second-order valence-electron chi connectivity index (χ2n) is 5.78. The predicted octanol–water partition coefficient (Wildman–Crippen LogP) is 1.95. The molecule has 3 rings (SSSR count). The number of aryl methyl sites for hydroxylation is 1. The Kier molecular flexibility index (Phi) is 5.38. The van der Waals surface area contributed by atoms with Crippen molar-refractivity contribution < 1.29 is 9.13 Å². The lowest BCUT2D eigenvalue weighted by Crippen LogP contribution is -2.40. The topological polar surface area (TPSA) is 53.2 Å². The Hall–Kier alpha value is -1.76. The Morgan fingerprint density at radius 2 is 2.00 bits per heavy atom. The number of halogens is 1. The van der Waals surface area contributed by atoms with Crippen LogP contribution in [-0.2, 0) is 11.3 Å². The van der Waals surface area contributed by atoms with E-state index in [-0.39, 0.29) is 5.82 Å². The van der Waals surface area contributed by atoms with Crippen molar-refractivity contribution in [2.24, 2.45) is 0 Å². The van der Waals surface area contributed by atoms with Gasteiger partial charge in [0.15, 0.2) is 0 Å². The van der Waals surface area contributed by atoms with Crippen LogP contribution in [0.4, 0.5) is 4.39 Å². The van der Waals surface area contributed by atoms with Gasteiger partial charge in [0, 0.05) is 38.3 Å². The molecule has 5 nitrogen and oxygen atoms in total. The minimum absolute atomic E-state index is 0.227. The lowest BCUT2D eigenvalue weighted by molar-refractivity contribution is 0.0384. The average Bonchev–Trinajstić information content (AvgIpc) is 2.94. The van der Waals surface area contributed by atoms with Gasteiger partial charge in [-0.1, -0.05) is 0 Å². The summed E-state index contributed by atoms with van der Waals surface area (Å²) in [6.07, 6.45) is 0. The molecule has 0 amide bonds. The maximum Gasteiger partial charge on any atom is 0.123 e. The van der Waals surface area contributed by atoms with Crippen molar-refractivity contribution in [1.29, 1.82) is 0 Å². The monoisotopic (exact) mass is 318 g/mol. The van der Waals surface area contributed by atoms with E-state index in [9.17, 15) is 4.39 Å². The van der Waals surface area contributed by atoms with Gasteiger partial charge in [0.1, 0.15) is 11.6 Å². The van der Waals surface area contributed by atoms with Crippen LogP contribution in [0.2, 0.25) is 0 Å². The largest absolute Gasteiger partial charge is 0.379 e. The number of nitrogens with one attached hydrogen (secondary N) is 2. The summed E-state index contributed by atoms with van der Waals surface area (Å²) in [5.41, 5.74) is 2.88. The number of nitrogens with zero attached hydrogens (tertiary/aromatic N) is 2. The van der Waals surface area contributed by atoms with Crippen LogP contribution in [-0.4, -0.2) is 54.3 Å². The van der Waals surface area contributed by atoms with Gasteiger partial charge in [-0.15, -0.1) is 0 Å². The van der Waals surface area contributed by atoms with E-state index >= 15 is 0 Å². The maximum absolute atomic E-state index is 13.1. The summed E-state index contributed by atoms with van der Waals surface area (Å²) < 4.78 is 18.4. The summed E-state index contributed by atoms with van der Waals surface area (Å²) in [4.78, 5) is 10.2. The van der Waals surface area contributed by atoms with Gasteiger partial charge in [0.25, 0.3) is 0 Å². The molecule has 2 aromatic rings. The highest BCUT2D eigenvalue weighted by Crippen LogP contribution is 2.21. The second kappa shape index (κ2) is 7.68. The summed E-state index contributed by atoms with van der Waals surface area (Å²) in [5, 5.41) is 3.44. The van der Waals surface area contributed by atoms with E-state index < -0.39 is 0 Å². The van der Waals surface area contributed by atoms with Crippen molar-refractivity contribution in [3.8, 4) is 11.3 Å². The molecule has 6 heteroatoms. The van der Waals surface area contributed by atoms with Crippen molar-refractivity contribution in [2.45, 2.75) is 13.5 Å². The Balaban J connectivity index is 1.56. The van der Waals surface area contributed by atoms with Crippen LogP contribution in [0.25, 0.3) is 11.3 Å². The van der Waals surface area contributed by atoms with Gasteiger partial charge >= 0.3 is 0 Å². The van der Waals surface area contributed by atoms with Crippen LogP contribution in [0.1, 0.15) is 11.5 Å². The average molecular weight is 318 g/mol. The molecule has 0 atom stereocenters. The number of aromatic nitrogens is 2. The number of imidazole rings is 1. The molecular formula is C17H23FN4O. The molecule has 0 unspecified atom stereocenters. The number of aromatic amines is 1. The van der Waals surface area contributed by atoms with E-state index in [0.717, 1.165) is 62.2 Å². The van der Waals surface area contributed by atoms with E-state index in [0.29, 0.717) is 6.54 Å². The highest BCUT2D eigenvalue weighted by Gasteiger charge is 2.12. The minimum Gasteiger partial charge on any atom is -0.379 e. The third-order valence-corrected chi connectivity index (χ3v) is 4.03. The molecule has 1 aromatic carbocycles. The zero-order chi connectivity index (χ0) is 16.1. The van der Waals surface area contributed by atoms with Gasteiger partial charge in [0.05, 0.1) is 24.6 Å². The predicted molar refractivity (Wildman–Crippen MR) is 87.7 cm³/mol. The van der Waals surface area contributed by atoms with Crippen molar-refractivity contribution in [2.75, 3.05) is 39.4 Å². The summed E-state index contributed by atoms with van der Waals surface area (Å²) in [6, 6.07) is 6.50. The van der Waals surface area contributed by atoms with Crippen LogP contribution in [0.15, 0.2) is 24.3 Å². The number of hydrogen-bond donors (Lipinski definition) is 2. The Morgan fingerprint density at radius 1 is 1.26 bits per heavy atom. The number of hydrogen-bond acceptors (Lipinski definition) is 4. The molecule has 0 bridgehead atoms. The fourth-order valence-corrected chi connectivity index (χ4v) is 2.79. The minimum atomic E-state index is -0.227. The number of rotatable bonds is 6. The molecule has 2 heterocycles. The fourth-order valence-electron chi connectivity index (χ4n) is 2.79. The van der Waals surface area contributed by atoms with Crippen molar-refractivity contribution >= 4 is 0 Å². The number of H-pyrrole nitrogens is 1. The Bertz CT molecular complexity index is 620. The normalized spacial score (nSPS) is 15.9. The number of ether oxygens (including phenoxy) is 1. The molecular weight excluding hydrogens is 295 g/mol. The molecule has 0 spiro atoms. The summed E-state index contributed by atoms with van der Waals surface area (Å²) in [5.74, 6) is 0.643. The van der Waals surface area contributed by atoms with Crippen molar-refractivity contribution in [3.63, 3.8) is 0 Å². The molecule has 1 aromatic heterocycles. The lowest BCUT2D eigenvalue weighted by atomic mass is 10.1. The van der Waals surface area contributed by atoms with Gasteiger partial charge in [-0.3, -0.25) is 4.90 Å². The molecule has 1 aliphatic rings. The summed E-state index contributed by atoms with van der Waals surface area (Å²) in [6.45, 7) is 8.22. The van der Waals surface area contributed by atoms with E-state index in [1.54, 1.807) is 12.1 Å². The quantitative estimate of drug-likeness (QED) is 0.799. The van der Waals surface area contributed by atoms with Crippen LogP contribution in [0.3, 0.4) is 0 Å². The van der Waals surface area contributed by atoms with Gasteiger partial charge < -0.3 is 15.0 Å². The molecule has 23 heavy (non-hydrogen) atoms. The van der Waals surface area contributed by atoms with Crippen molar-refractivity contribution in [3.05, 3.63) is 41.6 Å². The fraction of sp³-hybridized carbons (Fsp3) is 0.471. The molecule has 124 valence electrons. The maximum atomic E-state index is 13.1. The van der Waals surface area contributed by atoms with Gasteiger partial charge in [-0.2, -0.15) is 0 Å². The van der Waals surface area contributed by atoms with Crippen molar-refractivity contribution in [1.82, 2.24) is 20.2 Å². The first-order chi connectivity index (χ1) is 11.2. The molecule has 1 saturated heterocycles. The van der Waals surface area contributed by atoms with Crippen LogP contribution < -0.4 is 5.32 Å². The molecule has 1 fully saturated rings. The standard InChI is InChI=1S/C17H23FN4O/c1-13-20-16(12-19-6-7-22-8-10-23-11-9-22)17(21-13)14-2-4-15(18)5-3-14/h2-5,19H,6-12H2,1H3,(H,20,21). The summed E-state index contributed by atoms with van der Waals surface area (Å²) in [7, 11) is 0. The first-order valence-electron chi connectivity index (χ1n) is 8.04. The first kappa shape index (κ1) is 16.1. The Labute approximate surface area is 135 Å². The van der Waals surface area contributed by atoms with Crippen LogP contribution in [0.5, 0.6) is 0 Å². The lowest BCUT2D eigenvalue weighted by Gasteiger charge is -2.26. The van der Waals surface area contributed by atoms with Crippen LogP contribution in [0, 0.1) is 12.7 Å². The summed E-state index contributed by atoms with van der Waals surface area (Å²) >= 11 is 0. The van der Waals surface area contributed by atoms with E-state index in [4.69, 9.17) is 4.74 Å². The highest BCUT2D eigenvalue weighted by molar-refractivity contribution is 5.62. The second-order valence-corrected chi connectivity index (χ2v) is 5.78.